The van der Waals surface area contributed by atoms with E-state index in [1.807, 2.05) is 0 Å². The average Bonchev–Trinajstić information content (AvgIpc) is 2.70. The third-order valence-corrected chi connectivity index (χ3v) is 4.67. The molecule has 2 aliphatic heterocycles. The second-order valence-electron chi connectivity index (χ2n) is 6.06. The molecule has 3 aliphatic rings. The first-order chi connectivity index (χ1) is 7.22. The number of ether oxygens (including phenoxy) is 1. The number of nitrogens with one attached hydrogen (secondary N) is 1. The molecule has 2 heterocycles. The van der Waals surface area contributed by atoms with Crippen molar-refractivity contribution in [3.63, 3.8) is 0 Å². The maximum Gasteiger partial charge on any atom is 0.0733 e. The fourth-order valence-electron chi connectivity index (χ4n) is 3.46. The van der Waals surface area contributed by atoms with Gasteiger partial charge in [-0.25, -0.2) is 0 Å². The van der Waals surface area contributed by atoms with Crippen molar-refractivity contribution in [1.82, 2.24) is 5.32 Å². The largest absolute Gasteiger partial charge is 0.373 e. The van der Waals surface area contributed by atoms with Crippen LogP contribution in [0.25, 0.3) is 0 Å². The molecule has 0 aromatic rings. The SMILES string of the molecule is CC(C)C1CC(NC2CC3CCC2O3)C1. The van der Waals surface area contributed by atoms with Gasteiger partial charge in [0.15, 0.2) is 0 Å². The predicted molar refractivity (Wildman–Crippen MR) is 60.8 cm³/mol. The molecule has 2 heteroatoms. The molecule has 86 valence electrons. The van der Waals surface area contributed by atoms with E-state index in [1.165, 1.54) is 32.1 Å². The lowest BCUT2D eigenvalue weighted by atomic mass is 9.73. The summed E-state index contributed by atoms with van der Waals surface area (Å²) >= 11 is 0. The maximum absolute atomic E-state index is 5.87. The smallest absolute Gasteiger partial charge is 0.0733 e. The maximum atomic E-state index is 5.87. The van der Waals surface area contributed by atoms with E-state index >= 15 is 0 Å². The fourth-order valence-corrected chi connectivity index (χ4v) is 3.46. The lowest BCUT2D eigenvalue weighted by Gasteiger charge is -2.41. The molecule has 0 amide bonds. The highest BCUT2D eigenvalue weighted by Crippen LogP contribution is 2.38. The minimum Gasteiger partial charge on any atom is -0.373 e. The van der Waals surface area contributed by atoms with Crippen molar-refractivity contribution in [3.8, 4) is 0 Å². The molecule has 3 fully saturated rings. The molecule has 3 unspecified atom stereocenters. The lowest BCUT2D eigenvalue weighted by molar-refractivity contribution is 0.0876. The van der Waals surface area contributed by atoms with Crippen LogP contribution in [0, 0.1) is 11.8 Å². The third kappa shape index (κ3) is 1.83. The molecule has 0 spiro atoms. The molecular weight excluding hydrogens is 186 g/mol. The Morgan fingerprint density at radius 3 is 2.47 bits per heavy atom. The predicted octanol–water partition coefficient (Wildman–Crippen LogP) is 2.33. The zero-order chi connectivity index (χ0) is 10.4. The summed E-state index contributed by atoms with van der Waals surface area (Å²) in [5, 5.41) is 3.81. The van der Waals surface area contributed by atoms with Gasteiger partial charge in [0.25, 0.3) is 0 Å². The topological polar surface area (TPSA) is 21.3 Å². The first-order valence-electron chi connectivity index (χ1n) is 6.64. The van der Waals surface area contributed by atoms with E-state index < -0.39 is 0 Å². The monoisotopic (exact) mass is 209 g/mol. The van der Waals surface area contributed by atoms with E-state index in [0.717, 1.165) is 17.9 Å². The van der Waals surface area contributed by atoms with Crippen LogP contribution in [0.15, 0.2) is 0 Å². The van der Waals surface area contributed by atoms with Crippen molar-refractivity contribution >= 4 is 0 Å². The number of fused-ring (bicyclic) bond motifs is 2. The van der Waals surface area contributed by atoms with Crippen molar-refractivity contribution in [2.24, 2.45) is 11.8 Å². The van der Waals surface area contributed by atoms with E-state index in [4.69, 9.17) is 4.74 Å². The number of rotatable bonds is 3. The highest BCUT2D eigenvalue weighted by molar-refractivity contribution is 4.97. The summed E-state index contributed by atoms with van der Waals surface area (Å²) in [4.78, 5) is 0. The molecule has 3 atom stereocenters. The van der Waals surface area contributed by atoms with Crippen molar-refractivity contribution in [2.45, 2.75) is 70.2 Å². The molecule has 3 rings (SSSR count). The Bertz CT molecular complexity index is 235. The van der Waals surface area contributed by atoms with E-state index in [9.17, 15) is 0 Å². The Labute approximate surface area is 92.8 Å². The summed E-state index contributed by atoms with van der Waals surface area (Å²) in [6.45, 7) is 4.70. The summed E-state index contributed by atoms with van der Waals surface area (Å²) in [5.41, 5.74) is 0. The summed E-state index contributed by atoms with van der Waals surface area (Å²) in [6, 6.07) is 1.48. The molecule has 1 saturated carbocycles. The van der Waals surface area contributed by atoms with Crippen molar-refractivity contribution in [2.75, 3.05) is 0 Å². The Morgan fingerprint density at radius 1 is 1.13 bits per heavy atom. The Hall–Kier alpha value is -0.0800. The van der Waals surface area contributed by atoms with Crippen LogP contribution < -0.4 is 5.32 Å². The average molecular weight is 209 g/mol. The number of hydrogen-bond acceptors (Lipinski definition) is 2. The normalized spacial score (nSPS) is 48.6. The minimum absolute atomic E-state index is 0.549. The molecule has 2 saturated heterocycles. The molecule has 0 aromatic carbocycles. The molecule has 0 aromatic heterocycles. The quantitative estimate of drug-likeness (QED) is 0.770. The minimum atomic E-state index is 0.549. The van der Waals surface area contributed by atoms with Crippen LogP contribution in [0.1, 0.15) is 46.0 Å². The lowest BCUT2D eigenvalue weighted by Crippen LogP contribution is -2.50. The van der Waals surface area contributed by atoms with Crippen molar-refractivity contribution < 1.29 is 4.74 Å². The van der Waals surface area contributed by atoms with Gasteiger partial charge in [-0.05, 0) is 43.9 Å². The second kappa shape index (κ2) is 3.74. The van der Waals surface area contributed by atoms with Crippen LogP contribution in [0.4, 0.5) is 0 Å². The van der Waals surface area contributed by atoms with E-state index in [0.29, 0.717) is 18.2 Å². The molecular formula is C13H23NO. The third-order valence-electron chi connectivity index (χ3n) is 4.67. The van der Waals surface area contributed by atoms with Gasteiger partial charge in [-0.1, -0.05) is 13.8 Å². The molecule has 1 N–H and O–H groups in total. The van der Waals surface area contributed by atoms with Crippen LogP contribution >= 0.6 is 0 Å². The van der Waals surface area contributed by atoms with Crippen LogP contribution in [0.5, 0.6) is 0 Å². The van der Waals surface area contributed by atoms with Gasteiger partial charge >= 0.3 is 0 Å². The van der Waals surface area contributed by atoms with Crippen molar-refractivity contribution in [1.29, 1.82) is 0 Å². The summed E-state index contributed by atoms with van der Waals surface area (Å²) in [6.07, 6.45) is 7.80. The van der Waals surface area contributed by atoms with Gasteiger partial charge < -0.3 is 10.1 Å². The van der Waals surface area contributed by atoms with Gasteiger partial charge in [-0.15, -0.1) is 0 Å². The first-order valence-corrected chi connectivity index (χ1v) is 6.64. The summed E-state index contributed by atoms with van der Waals surface area (Å²) in [5.74, 6) is 1.85. The molecule has 2 bridgehead atoms. The van der Waals surface area contributed by atoms with E-state index in [2.05, 4.69) is 19.2 Å². The highest BCUT2D eigenvalue weighted by Gasteiger charge is 2.43. The second-order valence-corrected chi connectivity index (χ2v) is 6.06. The van der Waals surface area contributed by atoms with Gasteiger partial charge in [-0.2, -0.15) is 0 Å². The summed E-state index contributed by atoms with van der Waals surface area (Å²) in [7, 11) is 0. The first kappa shape index (κ1) is 10.1. The van der Waals surface area contributed by atoms with Crippen molar-refractivity contribution in [3.05, 3.63) is 0 Å². The standard InChI is InChI=1S/C13H23NO/c1-8(2)9-5-10(6-9)14-12-7-11-3-4-13(12)15-11/h8-14H,3-7H2,1-2H3. The van der Waals surface area contributed by atoms with Gasteiger partial charge in [0.2, 0.25) is 0 Å². The fraction of sp³-hybridized carbons (Fsp3) is 1.00. The highest BCUT2D eigenvalue weighted by atomic mass is 16.5. The molecule has 1 aliphatic carbocycles. The van der Waals surface area contributed by atoms with Crippen LogP contribution in [0.2, 0.25) is 0 Å². The molecule has 2 nitrogen and oxygen atoms in total. The number of hydrogen-bond donors (Lipinski definition) is 1. The Kier molecular flexibility index (Phi) is 2.52. The van der Waals surface area contributed by atoms with Gasteiger partial charge in [0.05, 0.1) is 12.2 Å². The zero-order valence-electron chi connectivity index (χ0n) is 9.91. The van der Waals surface area contributed by atoms with Crippen LogP contribution in [0.3, 0.4) is 0 Å². The van der Waals surface area contributed by atoms with Crippen LogP contribution in [-0.2, 0) is 4.74 Å². The van der Waals surface area contributed by atoms with E-state index in [-0.39, 0.29) is 0 Å². The van der Waals surface area contributed by atoms with Gasteiger partial charge in [0, 0.05) is 12.1 Å². The Balaban J connectivity index is 1.44. The summed E-state index contributed by atoms with van der Waals surface area (Å²) < 4.78 is 5.87. The van der Waals surface area contributed by atoms with E-state index in [1.54, 1.807) is 0 Å². The zero-order valence-corrected chi connectivity index (χ0v) is 9.91. The van der Waals surface area contributed by atoms with Gasteiger partial charge in [-0.3, -0.25) is 0 Å². The van der Waals surface area contributed by atoms with Crippen LogP contribution in [-0.4, -0.2) is 24.3 Å². The molecule has 0 radical (unpaired) electrons. The Morgan fingerprint density at radius 2 is 1.93 bits per heavy atom. The molecule has 15 heavy (non-hydrogen) atoms. The van der Waals surface area contributed by atoms with Gasteiger partial charge in [0.1, 0.15) is 0 Å².